The van der Waals surface area contributed by atoms with E-state index < -0.39 is 0 Å². The molecular weight excluding hydrogens is 228 g/mol. The zero-order valence-electron chi connectivity index (χ0n) is 10.6. The molecule has 96 valence electrons. The van der Waals surface area contributed by atoms with Gasteiger partial charge in [0, 0.05) is 5.56 Å². The molecule has 1 aliphatic rings. The fourth-order valence-corrected chi connectivity index (χ4v) is 1.97. The van der Waals surface area contributed by atoms with Gasteiger partial charge < -0.3 is 14.6 Å². The van der Waals surface area contributed by atoms with E-state index in [1.54, 1.807) is 0 Å². The maximum Gasteiger partial charge on any atom is 0.119 e. The quantitative estimate of drug-likeness (QED) is 0.829. The standard InChI is InChI=1S/C15H18O3/c1-12-4-7-15(18-12)11-17-14-8-5-13(6-9-14)3-2-10-16/h5-6,8-9,12,15-16H,4,7,10-11H2,1H3. The summed E-state index contributed by atoms with van der Waals surface area (Å²) >= 11 is 0. The topological polar surface area (TPSA) is 38.7 Å². The van der Waals surface area contributed by atoms with Crippen LogP contribution in [0.25, 0.3) is 0 Å². The zero-order chi connectivity index (χ0) is 12.8. The molecule has 3 heteroatoms. The predicted octanol–water partition coefficient (Wildman–Crippen LogP) is 1.98. The van der Waals surface area contributed by atoms with Crippen molar-refractivity contribution in [2.75, 3.05) is 13.2 Å². The van der Waals surface area contributed by atoms with E-state index in [9.17, 15) is 0 Å². The van der Waals surface area contributed by atoms with Gasteiger partial charge in [-0.3, -0.25) is 0 Å². The van der Waals surface area contributed by atoms with Gasteiger partial charge in [-0.15, -0.1) is 0 Å². The summed E-state index contributed by atoms with van der Waals surface area (Å²) in [5.41, 5.74) is 0.877. The SMILES string of the molecule is CC1CCC(COc2ccc(C#CCO)cc2)O1. The molecule has 0 saturated carbocycles. The molecule has 1 aromatic rings. The molecule has 0 amide bonds. The van der Waals surface area contributed by atoms with E-state index in [0.717, 1.165) is 24.2 Å². The lowest BCUT2D eigenvalue weighted by Gasteiger charge is -2.12. The molecule has 0 radical (unpaired) electrons. The molecule has 1 saturated heterocycles. The zero-order valence-corrected chi connectivity index (χ0v) is 10.6. The van der Waals surface area contributed by atoms with Crippen LogP contribution in [0.2, 0.25) is 0 Å². The van der Waals surface area contributed by atoms with Crippen molar-refractivity contribution in [1.29, 1.82) is 0 Å². The second-order valence-electron chi connectivity index (χ2n) is 4.44. The largest absolute Gasteiger partial charge is 0.491 e. The van der Waals surface area contributed by atoms with E-state index in [1.807, 2.05) is 24.3 Å². The minimum atomic E-state index is -0.116. The van der Waals surface area contributed by atoms with Crippen molar-refractivity contribution >= 4 is 0 Å². The Morgan fingerprint density at radius 1 is 1.33 bits per heavy atom. The van der Waals surface area contributed by atoms with E-state index >= 15 is 0 Å². The smallest absolute Gasteiger partial charge is 0.119 e. The first-order chi connectivity index (χ1) is 8.78. The summed E-state index contributed by atoms with van der Waals surface area (Å²) in [5, 5.41) is 8.60. The van der Waals surface area contributed by atoms with Crippen LogP contribution in [-0.4, -0.2) is 30.5 Å². The molecular formula is C15H18O3. The third kappa shape index (κ3) is 3.76. The van der Waals surface area contributed by atoms with Gasteiger partial charge in [0.05, 0.1) is 12.2 Å². The lowest BCUT2D eigenvalue weighted by atomic mass is 10.2. The predicted molar refractivity (Wildman–Crippen MR) is 69.5 cm³/mol. The summed E-state index contributed by atoms with van der Waals surface area (Å²) in [6, 6.07) is 7.55. The van der Waals surface area contributed by atoms with Gasteiger partial charge in [0.15, 0.2) is 0 Å². The Morgan fingerprint density at radius 3 is 2.72 bits per heavy atom. The van der Waals surface area contributed by atoms with Crippen LogP contribution in [0.15, 0.2) is 24.3 Å². The molecule has 1 aliphatic heterocycles. The Labute approximate surface area is 108 Å². The molecule has 2 atom stereocenters. The second kappa shape index (κ2) is 6.44. The molecule has 2 rings (SSSR count). The van der Waals surface area contributed by atoms with E-state index in [2.05, 4.69) is 18.8 Å². The minimum absolute atomic E-state index is 0.116. The summed E-state index contributed by atoms with van der Waals surface area (Å²) in [5.74, 6) is 6.28. The highest BCUT2D eigenvalue weighted by molar-refractivity contribution is 5.38. The van der Waals surface area contributed by atoms with Gasteiger partial charge in [0.2, 0.25) is 0 Å². The molecule has 0 spiro atoms. The number of aliphatic hydroxyl groups excluding tert-OH is 1. The van der Waals surface area contributed by atoms with Crippen molar-refractivity contribution in [2.24, 2.45) is 0 Å². The summed E-state index contributed by atoms with van der Waals surface area (Å²) < 4.78 is 11.4. The highest BCUT2D eigenvalue weighted by atomic mass is 16.5. The second-order valence-corrected chi connectivity index (χ2v) is 4.44. The number of aliphatic hydroxyl groups is 1. The number of hydrogen-bond donors (Lipinski definition) is 1. The van der Waals surface area contributed by atoms with Crippen molar-refractivity contribution in [2.45, 2.75) is 32.0 Å². The average Bonchev–Trinajstić information content (AvgIpc) is 2.81. The number of ether oxygens (including phenoxy) is 2. The van der Waals surface area contributed by atoms with E-state index in [0.29, 0.717) is 12.7 Å². The Balaban J connectivity index is 1.83. The van der Waals surface area contributed by atoms with Crippen molar-refractivity contribution < 1.29 is 14.6 Å². The molecule has 2 unspecified atom stereocenters. The number of rotatable bonds is 3. The van der Waals surface area contributed by atoms with Crippen molar-refractivity contribution in [3.8, 4) is 17.6 Å². The van der Waals surface area contributed by atoms with Crippen LogP contribution in [0.1, 0.15) is 25.3 Å². The van der Waals surface area contributed by atoms with Crippen LogP contribution in [0.5, 0.6) is 5.75 Å². The van der Waals surface area contributed by atoms with Gasteiger partial charge in [-0.05, 0) is 44.0 Å². The van der Waals surface area contributed by atoms with Crippen LogP contribution in [-0.2, 0) is 4.74 Å². The van der Waals surface area contributed by atoms with Crippen LogP contribution in [0, 0.1) is 11.8 Å². The molecule has 0 bridgehead atoms. The summed E-state index contributed by atoms with van der Waals surface area (Å²) in [6.45, 7) is 2.58. The lowest BCUT2D eigenvalue weighted by molar-refractivity contribution is 0.0264. The van der Waals surface area contributed by atoms with E-state index in [4.69, 9.17) is 14.6 Å². The number of hydrogen-bond acceptors (Lipinski definition) is 3. The van der Waals surface area contributed by atoms with Gasteiger partial charge in [0.25, 0.3) is 0 Å². The van der Waals surface area contributed by atoms with E-state index in [1.165, 1.54) is 0 Å². The fraction of sp³-hybridized carbons (Fsp3) is 0.467. The third-order valence-corrected chi connectivity index (χ3v) is 2.92. The monoisotopic (exact) mass is 246 g/mol. The van der Waals surface area contributed by atoms with Crippen LogP contribution >= 0.6 is 0 Å². The Hall–Kier alpha value is -1.50. The van der Waals surface area contributed by atoms with Crippen molar-refractivity contribution in [1.82, 2.24) is 0 Å². The fourth-order valence-electron chi connectivity index (χ4n) is 1.97. The first kappa shape index (κ1) is 12.9. The van der Waals surface area contributed by atoms with Crippen molar-refractivity contribution in [3.63, 3.8) is 0 Å². The molecule has 1 aromatic carbocycles. The van der Waals surface area contributed by atoms with Gasteiger partial charge in [0.1, 0.15) is 19.0 Å². The molecule has 1 N–H and O–H groups in total. The molecule has 18 heavy (non-hydrogen) atoms. The van der Waals surface area contributed by atoms with Crippen molar-refractivity contribution in [3.05, 3.63) is 29.8 Å². The van der Waals surface area contributed by atoms with Crippen LogP contribution in [0.3, 0.4) is 0 Å². The minimum Gasteiger partial charge on any atom is -0.491 e. The Morgan fingerprint density at radius 2 is 2.11 bits per heavy atom. The summed E-state index contributed by atoms with van der Waals surface area (Å²) in [7, 11) is 0. The van der Waals surface area contributed by atoms with Gasteiger partial charge in [-0.25, -0.2) is 0 Å². The summed E-state index contributed by atoms with van der Waals surface area (Å²) in [4.78, 5) is 0. The summed E-state index contributed by atoms with van der Waals surface area (Å²) in [6.07, 6.45) is 2.76. The lowest BCUT2D eigenvalue weighted by Crippen LogP contribution is -2.17. The molecule has 1 heterocycles. The maximum absolute atomic E-state index is 8.60. The molecule has 1 fully saturated rings. The molecule has 3 nitrogen and oxygen atoms in total. The first-order valence-corrected chi connectivity index (χ1v) is 6.26. The van der Waals surface area contributed by atoms with Gasteiger partial charge in [-0.1, -0.05) is 11.8 Å². The van der Waals surface area contributed by atoms with Gasteiger partial charge >= 0.3 is 0 Å². The first-order valence-electron chi connectivity index (χ1n) is 6.26. The van der Waals surface area contributed by atoms with E-state index in [-0.39, 0.29) is 12.7 Å². The Kier molecular flexibility index (Phi) is 4.63. The van der Waals surface area contributed by atoms with Crippen LogP contribution in [0.4, 0.5) is 0 Å². The normalized spacial score (nSPS) is 22.3. The molecule has 0 aromatic heterocycles. The van der Waals surface area contributed by atoms with Gasteiger partial charge in [-0.2, -0.15) is 0 Å². The highest BCUT2D eigenvalue weighted by Crippen LogP contribution is 2.20. The highest BCUT2D eigenvalue weighted by Gasteiger charge is 2.21. The number of benzene rings is 1. The maximum atomic E-state index is 8.60. The Bertz CT molecular complexity index is 427. The molecule has 0 aliphatic carbocycles. The average molecular weight is 246 g/mol. The van der Waals surface area contributed by atoms with Crippen LogP contribution < -0.4 is 4.74 Å². The third-order valence-electron chi connectivity index (χ3n) is 2.92.